The van der Waals surface area contributed by atoms with E-state index in [2.05, 4.69) is 23.5 Å². The molecule has 1 aliphatic heterocycles. The number of hydrogen-bond donors (Lipinski definition) is 1. The largest absolute Gasteiger partial charge is 0.299 e. The second kappa shape index (κ2) is 7.73. The lowest BCUT2D eigenvalue weighted by Crippen LogP contribution is -2.43. The molecule has 0 radical (unpaired) electrons. The van der Waals surface area contributed by atoms with Crippen molar-refractivity contribution in [1.82, 2.24) is 9.62 Å². The van der Waals surface area contributed by atoms with Gasteiger partial charge in [0.1, 0.15) is 5.82 Å². The van der Waals surface area contributed by atoms with E-state index in [9.17, 15) is 12.8 Å². The number of rotatable bonds is 7. The lowest BCUT2D eigenvalue weighted by Gasteiger charge is -2.29. The molecule has 1 N–H and O–H groups in total. The monoisotopic (exact) mass is 342 g/mol. The molecule has 0 bridgehead atoms. The minimum Gasteiger partial charge on any atom is -0.299 e. The van der Waals surface area contributed by atoms with Crippen molar-refractivity contribution >= 4 is 10.0 Å². The number of aryl methyl sites for hydroxylation is 1. The van der Waals surface area contributed by atoms with E-state index in [1.54, 1.807) is 6.92 Å². The summed E-state index contributed by atoms with van der Waals surface area (Å²) < 4.78 is 40.9. The van der Waals surface area contributed by atoms with E-state index in [1.165, 1.54) is 31.0 Å². The molecule has 0 aliphatic carbocycles. The first kappa shape index (κ1) is 18.4. The van der Waals surface area contributed by atoms with Crippen molar-refractivity contribution in [2.45, 2.75) is 51.0 Å². The van der Waals surface area contributed by atoms with Gasteiger partial charge in [-0.1, -0.05) is 13.8 Å². The molecule has 1 aromatic carbocycles. The van der Waals surface area contributed by atoms with Crippen LogP contribution in [0.4, 0.5) is 4.39 Å². The summed E-state index contributed by atoms with van der Waals surface area (Å²) in [5, 5.41) is 0. The smallest absolute Gasteiger partial charge is 0.240 e. The molecule has 1 aromatic rings. The van der Waals surface area contributed by atoms with Crippen LogP contribution >= 0.6 is 0 Å². The Balaban J connectivity index is 2.07. The molecule has 1 heterocycles. The van der Waals surface area contributed by atoms with Gasteiger partial charge in [-0.2, -0.15) is 0 Å². The van der Waals surface area contributed by atoms with Crippen LogP contribution in [0.25, 0.3) is 0 Å². The van der Waals surface area contributed by atoms with E-state index < -0.39 is 15.8 Å². The van der Waals surface area contributed by atoms with Crippen molar-refractivity contribution in [3.8, 4) is 0 Å². The van der Waals surface area contributed by atoms with E-state index in [1.807, 2.05) is 0 Å². The third-order valence-corrected chi connectivity index (χ3v) is 5.77. The van der Waals surface area contributed by atoms with Crippen LogP contribution < -0.4 is 4.72 Å². The molecule has 130 valence electrons. The van der Waals surface area contributed by atoms with Crippen LogP contribution in [0.5, 0.6) is 0 Å². The minimum absolute atomic E-state index is 0.126. The zero-order chi connectivity index (χ0) is 17.0. The van der Waals surface area contributed by atoms with Crippen LogP contribution in [-0.2, 0) is 10.0 Å². The van der Waals surface area contributed by atoms with Crippen molar-refractivity contribution in [1.29, 1.82) is 0 Å². The summed E-state index contributed by atoms with van der Waals surface area (Å²) >= 11 is 0. The molecule has 4 nitrogen and oxygen atoms in total. The summed E-state index contributed by atoms with van der Waals surface area (Å²) in [4.78, 5) is 2.50. The predicted molar refractivity (Wildman–Crippen MR) is 90.4 cm³/mol. The van der Waals surface area contributed by atoms with Crippen molar-refractivity contribution in [3.05, 3.63) is 29.6 Å². The van der Waals surface area contributed by atoms with E-state index in [0.29, 0.717) is 18.0 Å². The zero-order valence-corrected chi connectivity index (χ0v) is 15.0. The average Bonchev–Trinajstić information content (AvgIpc) is 3.00. The maximum Gasteiger partial charge on any atom is 0.240 e. The van der Waals surface area contributed by atoms with Crippen LogP contribution in [0.2, 0.25) is 0 Å². The highest BCUT2D eigenvalue weighted by Gasteiger charge is 2.25. The standard InChI is InChI=1S/C17H27FN2O2S/c1-13(2)10-15(20-8-4-5-9-20)12-19-23(21,22)16-6-7-17(18)14(3)11-16/h6-7,11,13,15,19H,4-5,8-10,12H2,1-3H3. The summed E-state index contributed by atoms with van der Waals surface area (Å²) in [6.07, 6.45) is 3.32. The third-order valence-electron chi connectivity index (χ3n) is 4.35. The molecule has 0 aromatic heterocycles. The highest BCUT2D eigenvalue weighted by Crippen LogP contribution is 2.19. The lowest BCUT2D eigenvalue weighted by molar-refractivity contribution is 0.214. The predicted octanol–water partition coefficient (Wildman–Crippen LogP) is 2.92. The van der Waals surface area contributed by atoms with Crippen molar-refractivity contribution in [2.24, 2.45) is 5.92 Å². The van der Waals surface area contributed by atoms with Gasteiger partial charge >= 0.3 is 0 Å². The second-order valence-electron chi connectivity index (χ2n) is 6.79. The summed E-state index contributed by atoms with van der Waals surface area (Å²) in [6, 6.07) is 4.12. The van der Waals surface area contributed by atoms with Gasteiger partial charge in [-0.15, -0.1) is 0 Å². The molecular formula is C17H27FN2O2S. The number of benzene rings is 1. The Morgan fingerprint density at radius 3 is 2.48 bits per heavy atom. The Morgan fingerprint density at radius 2 is 1.91 bits per heavy atom. The molecule has 0 saturated carbocycles. The molecule has 6 heteroatoms. The molecule has 1 fully saturated rings. The van der Waals surface area contributed by atoms with Gasteiger partial charge in [-0.3, -0.25) is 4.90 Å². The fourth-order valence-electron chi connectivity index (χ4n) is 3.09. The van der Waals surface area contributed by atoms with Gasteiger partial charge < -0.3 is 0 Å². The van der Waals surface area contributed by atoms with Gasteiger partial charge in [0.2, 0.25) is 10.0 Å². The van der Waals surface area contributed by atoms with Crippen molar-refractivity contribution < 1.29 is 12.8 Å². The van der Waals surface area contributed by atoms with Crippen LogP contribution in [0.1, 0.15) is 38.7 Å². The highest BCUT2D eigenvalue weighted by molar-refractivity contribution is 7.89. The Bertz CT molecular complexity index is 625. The summed E-state index contributed by atoms with van der Waals surface area (Å²) in [5.41, 5.74) is 0.339. The number of sulfonamides is 1. The number of likely N-dealkylation sites (tertiary alicyclic amines) is 1. The number of nitrogens with one attached hydrogen (secondary N) is 1. The number of halogens is 1. The van der Waals surface area contributed by atoms with Crippen LogP contribution in [0.15, 0.2) is 23.1 Å². The zero-order valence-electron chi connectivity index (χ0n) is 14.2. The average molecular weight is 342 g/mol. The fourth-order valence-corrected chi connectivity index (χ4v) is 4.24. The SMILES string of the molecule is Cc1cc(S(=O)(=O)NCC(CC(C)C)N2CCCC2)ccc1F. The van der Waals surface area contributed by atoms with Gasteiger partial charge in [-0.25, -0.2) is 17.5 Å². The molecule has 0 spiro atoms. The van der Waals surface area contributed by atoms with Crippen LogP contribution in [-0.4, -0.2) is 39.0 Å². The summed E-state index contributed by atoms with van der Waals surface area (Å²) in [7, 11) is -3.60. The lowest BCUT2D eigenvalue weighted by atomic mass is 10.0. The minimum atomic E-state index is -3.60. The fraction of sp³-hybridized carbons (Fsp3) is 0.647. The Labute approximate surface area is 139 Å². The number of hydrogen-bond acceptors (Lipinski definition) is 3. The topological polar surface area (TPSA) is 49.4 Å². The quantitative estimate of drug-likeness (QED) is 0.829. The molecule has 1 saturated heterocycles. The Kier molecular flexibility index (Phi) is 6.17. The summed E-state index contributed by atoms with van der Waals surface area (Å²) in [6.45, 7) is 8.35. The highest BCUT2D eigenvalue weighted by atomic mass is 32.2. The molecule has 1 unspecified atom stereocenters. The van der Waals surface area contributed by atoms with E-state index in [0.717, 1.165) is 19.5 Å². The van der Waals surface area contributed by atoms with Crippen molar-refractivity contribution in [3.63, 3.8) is 0 Å². The summed E-state index contributed by atoms with van der Waals surface area (Å²) in [5.74, 6) is 0.122. The maximum atomic E-state index is 13.3. The Hall–Kier alpha value is -0.980. The maximum absolute atomic E-state index is 13.3. The van der Waals surface area contributed by atoms with Crippen LogP contribution in [0.3, 0.4) is 0 Å². The number of nitrogens with zero attached hydrogens (tertiary/aromatic N) is 1. The van der Waals surface area contributed by atoms with E-state index in [4.69, 9.17) is 0 Å². The molecule has 1 atom stereocenters. The third kappa shape index (κ3) is 4.99. The van der Waals surface area contributed by atoms with Crippen molar-refractivity contribution in [2.75, 3.05) is 19.6 Å². The molecule has 23 heavy (non-hydrogen) atoms. The van der Waals surface area contributed by atoms with Gasteiger partial charge in [-0.05, 0) is 69.0 Å². The van der Waals surface area contributed by atoms with Gasteiger partial charge in [0.05, 0.1) is 4.90 Å². The molecule has 0 amide bonds. The second-order valence-corrected chi connectivity index (χ2v) is 8.56. The van der Waals surface area contributed by atoms with Gasteiger partial charge in [0.15, 0.2) is 0 Å². The van der Waals surface area contributed by atoms with Crippen LogP contribution in [0, 0.1) is 18.7 Å². The molecule has 2 rings (SSSR count). The normalized spacial score (nSPS) is 17.8. The van der Waals surface area contributed by atoms with E-state index >= 15 is 0 Å². The Morgan fingerprint density at radius 1 is 1.26 bits per heavy atom. The van der Waals surface area contributed by atoms with Gasteiger partial charge in [0, 0.05) is 12.6 Å². The first-order valence-corrected chi connectivity index (χ1v) is 9.78. The van der Waals surface area contributed by atoms with E-state index in [-0.39, 0.29) is 10.9 Å². The first-order valence-electron chi connectivity index (χ1n) is 8.29. The van der Waals surface area contributed by atoms with Gasteiger partial charge in [0.25, 0.3) is 0 Å². The molecule has 1 aliphatic rings. The molecular weight excluding hydrogens is 315 g/mol. The first-order chi connectivity index (χ1) is 10.8.